The van der Waals surface area contributed by atoms with Gasteiger partial charge in [-0.25, -0.2) is 15.8 Å². The summed E-state index contributed by atoms with van der Waals surface area (Å²) in [5.41, 5.74) is 2.75. The summed E-state index contributed by atoms with van der Waals surface area (Å²) in [6.07, 6.45) is 4.90. The molecule has 0 radical (unpaired) electrons. The third-order valence-electron chi connectivity index (χ3n) is 3.50. The molecular formula is C12H20N6O. The Hall–Kier alpha value is -1.73. The Morgan fingerprint density at radius 1 is 1.37 bits per heavy atom. The Balaban J connectivity index is 1.97. The number of rotatable bonds is 3. The zero-order chi connectivity index (χ0) is 13.8. The zero-order valence-corrected chi connectivity index (χ0v) is 11.3. The van der Waals surface area contributed by atoms with Gasteiger partial charge in [-0.05, 0) is 26.9 Å². The highest BCUT2D eigenvalue weighted by Crippen LogP contribution is 2.16. The van der Waals surface area contributed by atoms with Crippen LogP contribution in [-0.2, 0) is 0 Å². The molecule has 1 aliphatic rings. The normalized spacial score (nSPS) is 16.7. The van der Waals surface area contributed by atoms with Crippen LogP contribution in [0, 0.1) is 0 Å². The molecule has 3 N–H and O–H groups in total. The largest absolute Gasteiger partial charge is 0.337 e. The average molecular weight is 264 g/mol. The molecule has 1 saturated heterocycles. The molecule has 1 aromatic heterocycles. The van der Waals surface area contributed by atoms with Crippen LogP contribution in [-0.4, -0.2) is 58.9 Å². The summed E-state index contributed by atoms with van der Waals surface area (Å²) in [6.45, 7) is 1.53. The summed E-state index contributed by atoms with van der Waals surface area (Å²) < 4.78 is 0. The number of likely N-dealkylation sites (tertiary alicyclic amines) is 1. The first kappa shape index (κ1) is 13.7. The van der Waals surface area contributed by atoms with Crippen molar-refractivity contribution >= 4 is 11.7 Å². The van der Waals surface area contributed by atoms with E-state index in [2.05, 4.69) is 34.4 Å². The highest BCUT2D eigenvalue weighted by Gasteiger charge is 2.25. The molecule has 0 aliphatic carbocycles. The second-order valence-electron chi connectivity index (χ2n) is 4.92. The molecule has 0 saturated carbocycles. The van der Waals surface area contributed by atoms with Crippen LogP contribution in [0.15, 0.2) is 12.4 Å². The first-order chi connectivity index (χ1) is 9.11. The molecule has 0 spiro atoms. The van der Waals surface area contributed by atoms with Gasteiger partial charge in [-0.1, -0.05) is 0 Å². The second-order valence-corrected chi connectivity index (χ2v) is 4.92. The standard InChI is InChI=1S/C12H20N6O/c1-17(2)9-3-5-18(6-4-9)12(19)10-7-15-11(16-13)8-14-10/h7-9H,3-6,13H2,1-2H3,(H,15,16). The van der Waals surface area contributed by atoms with Gasteiger partial charge in [0.2, 0.25) is 0 Å². The summed E-state index contributed by atoms with van der Waals surface area (Å²) in [4.78, 5) is 24.4. The molecule has 0 bridgehead atoms. The van der Waals surface area contributed by atoms with Crippen LogP contribution in [0.5, 0.6) is 0 Å². The van der Waals surface area contributed by atoms with E-state index in [0.717, 1.165) is 25.9 Å². The second kappa shape index (κ2) is 5.94. The minimum atomic E-state index is -0.0618. The molecule has 1 fully saturated rings. The number of nitrogens with one attached hydrogen (secondary N) is 1. The molecule has 0 atom stereocenters. The molecule has 0 aromatic carbocycles. The molecule has 7 heteroatoms. The first-order valence-electron chi connectivity index (χ1n) is 6.36. The topological polar surface area (TPSA) is 87.4 Å². The Bertz CT molecular complexity index is 424. The molecule has 104 valence electrons. The zero-order valence-electron chi connectivity index (χ0n) is 11.3. The number of nitrogen functional groups attached to an aromatic ring is 1. The maximum Gasteiger partial charge on any atom is 0.274 e. The SMILES string of the molecule is CN(C)C1CCN(C(=O)c2cnc(NN)cn2)CC1. The van der Waals surface area contributed by atoms with Crippen LogP contribution < -0.4 is 11.3 Å². The van der Waals surface area contributed by atoms with Crippen molar-refractivity contribution in [1.82, 2.24) is 19.8 Å². The van der Waals surface area contributed by atoms with Crippen molar-refractivity contribution in [2.24, 2.45) is 5.84 Å². The van der Waals surface area contributed by atoms with Crippen molar-refractivity contribution in [2.45, 2.75) is 18.9 Å². The van der Waals surface area contributed by atoms with Gasteiger partial charge in [0.15, 0.2) is 5.82 Å². The monoisotopic (exact) mass is 264 g/mol. The number of piperidine rings is 1. The van der Waals surface area contributed by atoms with E-state index in [1.165, 1.54) is 12.4 Å². The molecule has 2 rings (SSSR count). The number of aromatic nitrogens is 2. The van der Waals surface area contributed by atoms with Crippen LogP contribution in [0.2, 0.25) is 0 Å². The molecule has 0 unspecified atom stereocenters. The summed E-state index contributed by atoms with van der Waals surface area (Å²) in [6, 6.07) is 0.555. The fraction of sp³-hybridized carbons (Fsp3) is 0.583. The van der Waals surface area contributed by atoms with Crippen LogP contribution in [0.4, 0.5) is 5.82 Å². The van der Waals surface area contributed by atoms with Crippen molar-refractivity contribution in [2.75, 3.05) is 32.6 Å². The van der Waals surface area contributed by atoms with Gasteiger partial charge in [0.25, 0.3) is 5.91 Å². The number of carbonyl (C=O) groups is 1. The summed E-state index contributed by atoms with van der Waals surface area (Å²) >= 11 is 0. The van der Waals surface area contributed by atoms with Gasteiger partial charge in [-0.3, -0.25) is 4.79 Å². The smallest absolute Gasteiger partial charge is 0.274 e. The lowest BCUT2D eigenvalue weighted by Crippen LogP contribution is -2.44. The minimum absolute atomic E-state index is 0.0618. The van der Waals surface area contributed by atoms with Gasteiger partial charge in [-0.15, -0.1) is 0 Å². The molecule has 1 aromatic rings. The van der Waals surface area contributed by atoms with Crippen molar-refractivity contribution in [1.29, 1.82) is 0 Å². The van der Waals surface area contributed by atoms with Crippen molar-refractivity contribution < 1.29 is 4.79 Å². The Labute approximate surface area is 112 Å². The van der Waals surface area contributed by atoms with Crippen LogP contribution in [0.1, 0.15) is 23.3 Å². The van der Waals surface area contributed by atoms with Crippen LogP contribution in [0.25, 0.3) is 0 Å². The highest BCUT2D eigenvalue weighted by molar-refractivity contribution is 5.92. The third kappa shape index (κ3) is 3.18. The molecule has 1 amide bonds. The van der Waals surface area contributed by atoms with Crippen molar-refractivity contribution in [3.05, 3.63) is 18.1 Å². The number of hydrogen-bond acceptors (Lipinski definition) is 6. The molecule has 7 nitrogen and oxygen atoms in total. The number of carbonyl (C=O) groups excluding carboxylic acids is 1. The van der Waals surface area contributed by atoms with Gasteiger partial charge in [0.05, 0.1) is 12.4 Å². The predicted octanol–water partition coefficient (Wildman–Crippen LogP) is -0.0716. The Kier molecular flexibility index (Phi) is 4.28. The van der Waals surface area contributed by atoms with E-state index in [9.17, 15) is 4.79 Å². The van der Waals surface area contributed by atoms with E-state index in [0.29, 0.717) is 17.6 Å². The number of amides is 1. The van der Waals surface area contributed by atoms with E-state index in [4.69, 9.17) is 5.84 Å². The van der Waals surface area contributed by atoms with Crippen molar-refractivity contribution in [3.8, 4) is 0 Å². The summed E-state index contributed by atoms with van der Waals surface area (Å²) in [5, 5.41) is 0. The fourth-order valence-electron chi connectivity index (χ4n) is 2.26. The Morgan fingerprint density at radius 2 is 2.05 bits per heavy atom. The van der Waals surface area contributed by atoms with Gasteiger partial charge < -0.3 is 15.2 Å². The van der Waals surface area contributed by atoms with E-state index in [1.54, 1.807) is 0 Å². The Morgan fingerprint density at radius 3 is 2.53 bits per heavy atom. The van der Waals surface area contributed by atoms with E-state index in [1.807, 2.05) is 4.90 Å². The molecular weight excluding hydrogens is 244 g/mol. The van der Waals surface area contributed by atoms with Gasteiger partial charge >= 0.3 is 0 Å². The quantitative estimate of drug-likeness (QED) is 0.587. The lowest BCUT2D eigenvalue weighted by Gasteiger charge is -2.34. The predicted molar refractivity (Wildman–Crippen MR) is 72.5 cm³/mol. The van der Waals surface area contributed by atoms with E-state index in [-0.39, 0.29) is 5.91 Å². The summed E-state index contributed by atoms with van der Waals surface area (Å²) in [7, 11) is 4.15. The minimum Gasteiger partial charge on any atom is -0.337 e. The maximum absolute atomic E-state index is 12.2. The first-order valence-corrected chi connectivity index (χ1v) is 6.36. The number of nitrogens with two attached hydrogens (primary N) is 1. The molecule has 2 heterocycles. The van der Waals surface area contributed by atoms with Crippen LogP contribution in [0.3, 0.4) is 0 Å². The molecule has 1 aliphatic heterocycles. The van der Waals surface area contributed by atoms with E-state index < -0.39 is 0 Å². The number of nitrogens with zero attached hydrogens (tertiary/aromatic N) is 4. The number of hydrogen-bond donors (Lipinski definition) is 2. The highest BCUT2D eigenvalue weighted by atomic mass is 16.2. The lowest BCUT2D eigenvalue weighted by atomic mass is 10.0. The number of anilines is 1. The summed E-state index contributed by atoms with van der Waals surface area (Å²) in [5.74, 6) is 5.60. The molecule has 19 heavy (non-hydrogen) atoms. The van der Waals surface area contributed by atoms with E-state index >= 15 is 0 Å². The third-order valence-corrected chi connectivity index (χ3v) is 3.50. The van der Waals surface area contributed by atoms with Crippen LogP contribution >= 0.6 is 0 Å². The lowest BCUT2D eigenvalue weighted by molar-refractivity contribution is 0.0657. The number of hydrazine groups is 1. The van der Waals surface area contributed by atoms with Gasteiger partial charge in [0, 0.05) is 19.1 Å². The fourth-order valence-corrected chi connectivity index (χ4v) is 2.26. The van der Waals surface area contributed by atoms with Crippen molar-refractivity contribution in [3.63, 3.8) is 0 Å². The van der Waals surface area contributed by atoms with Gasteiger partial charge in [0.1, 0.15) is 5.69 Å². The van der Waals surface area contributed by atoms with Gasteiger partial charge in [-0.2, -0.15) is 0 Å². The maximum atomic E-state index is 12.2. The average Bonchev–Trinajstić information content (AvgIpc) is 2.46.